The number of fused-ring (bicyclic) bond motifs is 1. The Morgan fingerprint density at radius 1 is 1.43 bits per heavy atom. The van der Waals surface area contributed by atoms with Gasteiger partial charge in [-0.2, -0.15) is 0 Å². The molecule has 3 atom stereocenters. The lowest BCUT2D eigenvalue weighted by Crippen LogP contribution is -2.18. The van der Waals surface area contributed by atoms with Crippen molar-refractivity contribution < 1.29 is 14.3 Å². The number of hydrogen-bond acceptors (Lipinski definition) is 3. The zero-order chi connectivity index (χ0) is 10.3. The van der Waals surface area contributed by atoms with Crippen molar-refractivity contribution >= 4 is 5.97 Å². The molecule has 0 spiro atoms. The number of methoxy groups -OCH3 is 1. The van der Waals surface area contributed by atoms with Gasteiger partial charge in [-0.1, -0.05) is 11.1 Å². The summed E-state index contributed by atoms with van der Waals surface area (Å²) in [5, 5.41) is 0. The molecule has 0 N–H and O–H groups in total. The molecule has 1 aliphatic carbocycles. The molecule has 0 aromatic carbocycles. The molecule has 3 nitrogen and oxygen atoms in total. The minimum absolute atomic E-state index is 0.0462. The molecule has 1 saturated carbocycles. The van der Waals surface area contributed by atoms with Gasteiger partial charge in [0.1, 0.15) is 0 Å². The largest absolute Gasteiger partial charge is 0.435 e. The predicted octanol–water partition coefficient (Wildman–Crippen LogP) is 1.88. The molecule has 0 bridgehead atoms. The minimum Gasteiger partial charge on any atom is -0.435 e. The summed E-state index contributed by atoms with van der Waals surface area (Å²) in [5.74, 6) is 0.209. The Morgan fingerprint density at radius 2 is 2.14 bits per heavy atom. The highest BCUT2D eigenvalue weighted by Gasteiger charge is 2.49. The molecule has 2 rings (SSSR count). The number of ether oxygens (including phenoxy) is 2. The van der Waals surface area contributed by atoms with Crippen LogP contribution in [-0.4, -0.2) is 19.4 Å². The SMILES string of the molecule is COC1OC(=O)C2CC(=C(C)C)CC12. The molecule has 1 aliphatic heterocycles. The molecule has 1 heterocycles. The Bertz CT molecular complexity index is 289. The van der Waals surface area contributed by atoms with E-state index in [1.54, 1.807) is 7.11 Å². The van der Waals surface area contributed by atoms with E-state index in [9.17, 15) is 4.79 Å². The first kappa shape index (κ1) is 9.71. The predicted molar refractivity (Wildman–Crippen MR) is 51.5 cm³/mol. The summed E-state index contributed by atoms with van der Waals surface area (Å²) < 4.78 is 10.3. The van der Waals surface area contributed by atoms with Crippen LogP contribution in [-0.2, 0) is 14.3 Å². The van der Waals surface area contributed by atoms with Crippen molar-refractivity contribution in [3.8, 4) is 0 Å². The van der Waals surface area contributed by atoms with Gasteiger partial charge in [-0.25, -0.2) is 0 Å². The molecule has 0 amide bonds. The fourth-order valence-corrected chi connectivity index (χ4v) is 2.39. The standard InChI is InChI=1S/C11H16O3/c1-6(2)7-4-8-9(5-7)11(13-3)14-10(8)12/h8-9,11H,4-5H2,1-3H3. The maximum Gasteiger partial charge on any atom is 0.312 e. The summed E-state index contributed by atoms with van der Waals surface area (Å²) in [4.78, 5) is 11.5. The lowest BCUT2D eigenvalue weighted by molar-refractivity contribution is -0.162. The summed E-state index contributed by atoms with van der Waals surface area (Å²) >= 11 is 0. The van der Waals surface area contributed by atoms with E-state index in [1.807, 2.05) is 0 Å². The Morgan fingerprint density at radius 3 is 2.71 bits per heavy atom. The first-order chi connectivity index (χ1) is 6.63. The second kappa shape index (κ2) is 3.39. The van der Waals surface area contributed by atoms with Crippen LogP contribution in [0.15, 0.2) is 11.1 Å². The third-order valence-corrected chi connectivity index (χ3v) is 3.29. The topological polar surface area (TPSA) is 35.5 Å². The van der Waals surface area contributed by atoms with E-state index in [4.69, 9.17) is 9.47 Å². The lowest BCUT2D eigenvalue weighted by Gasteiger charge is -2.13. The summed E-state index contributed by atoms with van der Waals surface area (Å²) in [7, 11) is 1.60. The fourth-order valence-electron chi connectivity index (χ4n) is 2.39. The van der Waals surface area contributed by atoms with E-state index < -0.39 is 0 Å². The van der Waals surface area contributed by atoms with E-state index in [0.29, 0.717) is 0 Å². The van der Waals surface area contributed by atoms with Gasteiger partial charge in [0, 0.05) is 13.0 Å². The van der Waals surface area contributed by atoms with E-state index in [0.717, 1.165) is 12.8 Å². The maximum atomic E-state index is 11.5. The van der Waals surface area contributed by atoms with Gasteiger partial charge in [-0.3, -0.25) is 4.79 Å². The zero-order valence-electron chi connectivity index (χ0n) is 8.87. The average molecular weight is 196 g/mol. The lowest BCUT2D eigenvalue weighted by atomic mass is 9.99. The number of rotatable bonds is 1. The van der Waals surface area contributed by atoms with Crippen LogP contribution >= 0.6 is 0 Å². The highest BCUT2D eigenvalue weighted by molar-refractivity contribution is 5.76. The molecule has 78 valence electrons. The number of hydrogen-bond donors (Lipinski definition) is 0. The Balaban J connectivity index is 2.20. The summed E-state index contributed by atoms with van der Waals surface area (Å²) in [5.41, 5.74) is 2.74. The van der Waals surface area contributed by atoms with Crippen molar-refractivity contribution in [3.63, 3.8) is 0 Å². The van der Waals surface area contributed by atoms with E-state index in [-0.39, 0.29) is 24.1 Å². The Hall–Kier alpha value is -0.830. The Kier molecular flexibility index (Phi) is 2.35. The summed E-state index contributed by atoms with van der Waals surface area (Å²) in [6.45, 7) is 4.20. The van der Waals surface area contributed by atoms with Crippen LogP contribution in [0.4, 0.5) is 0 Å². The van der Waals surface area contributed by atoms with Crippen molar-refractivity contribution in [1.82, 2.24) is 0 Å². The molecule has 0 aromatic rings. The zero-order valence-corrected chi connectivity index (χ0v) is 8.87. The van der Waals surface area contributed by atoms with Crippen LogP contribution in [0.25, 0.3) is 0 Å². The monoisotopic (exact) mass is 196 g/mol. The van der Waals surface area contributed by atoms with Gasteiger partial charge in [0.2, 0.25) is 6.29 Å². The second-order valence-electron chi connectivity index (χ2n) is 4.32. The molecule has 0 aromatic heterocycles. The molecule has 3 heteroatoms. The highest BCUT2D eigenvalue weighted by Crippen LogP contribution is 2.45. The van der Waals surface area contributed by atoms with Gasteiger partial charge < -0.3 is 9.47 Å². The van der Waals surface area contributed by atoms with Gasteiger partial charge in [0.25, 0.3) is 0 Å². The van der Waals surface area contributed by atoms with E-state index >= 15 is 0 Å². The quantitative estimate of drug-likeness (QED) is 0.474. The van der Waals surface area contributed by atoms with Gasteiger partial charge in [-0.05, 0) is 26.7 Å². The van der Waals surface area contributed by atoms with Gasteiger partial charge in [0.15, 0.2) is 0 Å². The van der Waals surface area contributed by atoms with E-state index in [1.165, 1.54) is 11.1 Å². The smallest absolute Gasteiger partial charge is 0.312 e. The molecular formula is C11H16O3. The third-order valence-electron chi connectivity index (χ3n) is 3.29. The van der Waals surface area contributed by atoms with Crippen molar-refractivity contribution in [2.24, 2.45) is 11.8 Å². The maximum absolute atomic E-state index is 11.5. The van der Waals surface area contributed by atoms with Gasteiger partial charge in [-0.15, -0.1) is 0 Å². The number of esters is 1. The van der Waals surface area contributed by atoms with Crippen LogP contribution in [0.3, 0.4) is 0 Å². The average Bonchev–Trinajstić information content (AvgIpc) is 2.66. The van der Waals surface area contributed by atoms with Crippen molar-refractivity contribution in [2.75, 3.05) is 7.11 Å². The van der Waals surface area contributed by atoms with E-state index in [2.05, 4.69) is 13.8 Å². The molecule has 14 heavy (non-hydrogen) atoms. The first-order valence-corrected chi connectivity index (χ1v) is 5.02. The molecule has 0 radical (unpaired) electrons. The van der Waals surface area contributed by atoms with Crippen LogP contribution in [0.1, 0.15) is 26.7 Å². The second-order valence-corrected chi connectivity index (χ2v) is 4.32. The van der Waals surface area contributed by atoms with Crippen LogP contribution in [0.5, 0.6) is 0 Å². The number of carbonyl (C=O) groups excluding carboxylic acids is 1. The van der Waals surface area contributed by atoms with Crippen LogP contribution < -0.4 is 0 Å². The fraction of sp³-hybridized carbons (Fsp3) is 0.727. The normalized spacial score (nSPS) is 35.8. The Labute approximate surface area is 84.1 Å². The third kappa shape index (κ3) is 1.36. The molecule has 2 fully saturated rings. The molecule has 2 aliphatic rings. The van der Waals surface area contributed by atoms with Crippen molar-refractivity contribution in [2.45, 2.75) is 33.0 Å². The number of carbonyl (C=O) groups is 1. The number of cyclic esters (lactones) is 1. The molecule has 1 saturated heterocycles. The van der Waals surface area contributed by atoms with Gasteiger partial charge >= 0.3 is 5.97 Å². The summed E-state index contributed by atoms with van der Waals surface area (Å²) in [6.07, 6.45) is 1.51. The van der Waals surface area contributed by atoms with Gasteiger partial charge in [0.05, 0.1) is 5.92 Å². The molecule has 3 unspecified atom stereocenters. The minimum atomic E-state index is -0.315. The van der Waals surface area contributed by atoms with Crippen LogP contribution in [0.2, 0.25) is 0 Å². The van der Waals surface area contributed by atoms with Crippen molar-refractivity contribution in [3.05, 3.63) is 11.1 Å². The van der Waals surface area contributed by atoms with Crippen molar-refractivity contribution in [1.29, 1.82) is 0 Å². The molecular weight excluding hydrogens is 180 g/mol. The van der Waals surface area contributed by atoms with Crippen LogP contribution in [0, 0.1) is 11.8 Å². The summed E-state index contributed by atoms with van der Waals surface area (Å²) in [6, 6.07) is 0. The number of allylic oxidation sites excluding steroid dienone is 2. The first-order valence-electron chi connectivity index (χ1n) is 5.02. The highest BCUT2D eigenvalue weighted by atomic mass is 16.7.